The molecule has 0 bridgehead atoms. The van der Waals surface area contributed by atoms with Crippen LogP contribution in [0.5, 0.6) is 5.75 Å². The summed E-state index contributed by atoms with van der Waals surface area (Å²) < 4.78 is 5.80. The van der Waals surface area contributed by atoms with Crippen LogP contribution in [0.2, 0.25) is 0 Å². The Balaban J connectivity index is 1.50. The van der Waals surface area contributed by atoms with Crippen molar-refractivity contribution in [1.82, 2.24) is 20.2 Å². The van der Waals surface area contributed by atoms with Gasteiger partial charge in [0, 0.05) is 45.1 Å². The Labute approximate surface area is 161 Å². The first kappa shape index (κ1) is 18.9. The van der Waals surface area contributed by atoms with Crippen molar-refractivity contribution in [3.63, 3.8) is 0 Å². The minimum Gasteiger partial charge on any atom is -0.492 e. The van der Waals surface area contributed by atoms with E-state index in [1.807, 2.05) is 24.3 Å². The topological polar surface area (TPSA) is 65.9 Å². The molecule has 7 heteroatoms. The van der Waals surface area contributed by atoms with Crippen molar-refractivity contribution in [1.29, 1.82) is 0 Å². The number of aliphatic imine (C=N–C) groups is 1. The maximum absolute atomic E-state index is 5.80. The lowest BCUT2D eigenvalue weighted by Gasteiger charge is -2.36. The SMILES string of the molecule is CCNC(=NCCOc1cccc(C)c1)N1CCN(c2ncccn2)CC1. The predicted octanol–water partition coefficient (Wildman–Crippen LogP) is 1.95. The van der Waals surface area contributed by atoms with Gasteiger partial charge in [-0.2, -0.15) is 0 Å². The number of piperazine rings is 1. The summed E-state index contributed by atoms with van der Waals surface area (Å²) in [6.45, 7) is 9.74. The molecule has 1 fully saturated rings. The molecule has 3 rings (SSSR count). The molecule has 1 aromatic heterocycles. The van der Waals surface area contributed by atoms with Gasteiger partial charge in [-0.25, -0.2) is 15.0 Å². The Morgan fingerprint density at radius 1 is 1.15 bits per heavy atom. The molecule has 0 saturated carbocycles. The van der Waals surface area contributed by atoms with Crippen LogP contribution in [0.4, 0.5) is 5.95 Å². The Bertz CT molecular complexity index is 728. The fourth-order valence-corrected chi connectivity index (χ4v) is 3.02. The van der Waals surface area contributed by atoms with Crippen molar-refractivity contribution < 1.29 is 4.74 Å². The molecule has 2 aromatic rings. The number of nitrogens with one attached hydrogen (secondary N) is 1. The number of hydrogen-bond donors (Lipinski definition) is 1. The van der Waals surface area contributed by atoms with Crippen molar-refractivity contribution in [2.45, 2.75) is 13.8 Å². The van der Waals surface area contributed by atoms with Crippen LogP contribution < -0.4 is 15.0 Å². The lowest BCUT2D eigenvalue weighted by molar-refractivity contribution is 0.325. The van der Waals surface area contributed by atoms with Crippen molar-refractivity contribution in [2.75, 3.05) is 50.8 Å². The van der Waals surface area contributed by atoms with Gasteiger partial charge in [0.15, 0.2) is 5.96 Å². The maximum atomic E-state index is 5.80. The van der Waals surface area contributed by atoms with E-state index in [0.717, 1.165) is 50.4 Å². The molecule has 1 aliphatic rings. The van der Waals surface area contributed by atoms with Crippen LogP contribution in [0.15, 0.2) is 47.7 Å². The first-order valence-electron chi connectivity index (χ1n) is 9.51. The number of nitrogens with zero attached hydrogens (tertiary/aromatic N) is 5. The van der Waals surface area contributed by atoms with Gasteiger partial charge >= 0.3 is 0 Å². The van der Waals surface area contributed by atoms with Crippen LogP contribution in [0.25, 0.3) is 0 Å². The molecule has 0 unspecified atom stereocenters. The molecule has 0 atom stereocenters. The predicted molar refractivity (Wildman–Crippen MR) is 108 cm³/mol. The molecule has 1 aromatic carbocycles. The van der Waals surface area contributed by atoms with E-state index in [1.165, 1.54) is 5.56 Å². The lowest BCUT2D eigenvalue weighted by atomic mass is 10.2. The third-order valence-corrected chi connectivity index (χ3v) is 4.36. The van der Waals surface area contributed by atoms with Crippen LogP contribution >= 0.6 is 0 Å². The van der Waals surface area contributed by atoms with Gasteiger partial charge in [0.1, 0.15) is 12.4 Å². The monoisotopic (exact) mass is 368 g/mol. The quantitative estimate of drug-likeness (QED) is 0.478. The van der Waals surface area contributed by atoms with Crippen molar-refractivity contribution >= 4 is 11.9 Å². The molecule has 1 saturated heterocycles. The fourth-order valence-electron chi connectivity index (χ4n) is 3.02. The molecule has 144 valence electrons. The van der Waals surface area contributed by atoms with Gasteiger partial charge < -0.3 is 19.9 Å². The largest absolute Gasteiger partial charge is 0.492 e. The van der Waals surface area contributed by atoms with Crippen LogP contribution in [-0.4, -0.2) is 66.7 Å². The summed E-state index contributed by atoms with van der Waals surface area (Å²) in [5.41, 5.74) is 1.20. The van der Waals surface area contributed by atoms with E-state index in [9.17, 15) is 0 Å². The molecule has 0 aliphatic carbocycles. The first-order chi connectivity index (χ1) is 13.3. The highest BCUT2D eigenvalue weighted by atomic mass is 16.5. The minimum atomic E-state index is 0.566. The molecule has 1 N–H and O–H groups in total. The summed E-state index contributed by atoms with van der Waals surface area (Å²) in [5.74, 6) is 2.64. The molecular formula is C20H28N6O. The van der Waals surface area contributed by atoms with Gasteiger partial charge in [0.05, 0.1) is 6.54 Å². The summed E-state index contributed by atoms with van der Waals surface area (Å²) >= 11 is 0. The van der Waals surface area contributed by atoms with Crippen LogP contribution in [0.1, 0.15) is 12.5 Å². The van der Waals surface area contributed by atoms with Gasteiger partial charge in [-0.15, -0.1) is 0 Å². The molecule has 7 nitrogen and oxygen atoms in total. The first-order valence-corrected chi connectivity index (χ1v) is 9.51. The second-order valence-electron chi connectivity index (χ2n) is 6.42. The zero-order valence-electron chi connectivity index (χ0n) is 16.1. The van der Waals surface area contributed by atoms with E-state index in [4.69, 9.17) is 9.73 Å². The summed E-state index contributed by atoms with van der Waals surface area (Å²) in [6, 6.07) is 9.93. The van der Waals surface area contributed by atoms with E-state index >= 15 is 0 Å². The normalized spacial score (nSPS) is 15.0. The summed E-state index contributed by atoms with van der Waals surface area (Å²) in [4.78, 5) is 17.9. The van der Waals surface area contributed by atoms with E-state index in [2.05, 4.69) is 45.0 Å². The number of aromatic nitrogens is 2. The van der Waals surface area contributed by atoms with Gasteiger partial charge in [-0.3, -0.25) is 0 Å². The lowest BCUT2D eigenvalue weighted by Crippen LogP contribution is -2.53. The zero-order valence-corrected chi connectivity index (χ0v) is 16.1. The number of benzene rings is 1. The van der Waals surface area contributed by atoms with Crippen LogP contribution in [-0.2, 0) is 0 Å². The van der Waals surface area contributed by atoms with Crippen molar-refractivity contribution in [3.05, 3.63) is 48.3 Å². The standard InChI is InChI=1S/C20H28N6O/c1-3-21-19(24-10-15-27-18-7-4-6-17(2)16-18)25-11-13-26(14-12-25)20-22-8-5-9-23-20/h4-9,16H,3,10-15H2,1-2H3,(H,21,24). The molecule has 2 heterocycles. The number of aryl methyl sites for hydroxylation is 1. The van der Waals surface area contributed by atoms with Crippen molar-refractivity contribution in [3.8, 4) is 5.75 Å². The molecule has 1 aliphatic heterocycles. The molecule has 0 radical (unpaired) electrons. The number of anilines is 1. The zero-order chi connectivity index (χ0) is 18.9. The Hall–Kier alpha value is -2.83. The molecule has 0 amide bonds. The highest BCUT2D eigenvalue weighted by molar-refractivity contribution is 5.80. The average Bonchev–Trinajstić information content (AvgIpc) is 2.71. The third-order valence-electron chi connectivity index (χ3n) is 4.36. The number of rotatable bonds is 6. The molecule has 27 heavy (non-hydrogen) atoms. The average molecular weight is 368 g/mol. The van der Waals surface area contributed by atoms with Gasteiger partial charge in [-0.05, 0) is 37.6 Å². The second-order valence-corrected chi connectivity index (χ2v) is 6.42. The number of ether oxygens (including phenoxy) is 1. The van der Waals surface area contributed by atoms with Gasteiger partial charge in [0.2, 0.25) is 5.95 Å². The van der Waals surface area contributed by atoms with E-state index in [1.54, 1.807) is 12.4 Å². The van der Waals surface area contributed by atoms with E-state index in [-0.39, 0.29) is 0 Å². The molecule has 0 spiro atoms. The highest BCUT2D eigenvalue weighted by Crippen LogP contribution is 2.12. The molecular weight excluding hydrogens is 340 g/mol. The number of hydrogen-bond acceptors (Lipinski definition) is 5. The summed E-state index contributed by atoms with van der Waals surface area (Å²) in [5, 5.41) is 3.39. The second kappa shape index (κ2) is 9.75. The van der Waals surface area contributed by atoms with E-state index < -0.39 is 0 Å². The Kier molecular flexibility index (Phi) is 6.84. The van der Waals surface area contributed by atoms with E-state index in [0.29, 0.717) is 13.2 Å². The minimum absolute atomic E-state index is 0.566. The van der Waals surface area contributed by atoms with Gasteiger partial charge in [0.25, 0.3) is 0 Å². The third kappa shape index (κ3) is 5.57. The Morgan fingerprint density at radius 3 is 2.63 bits per heavy atom. The summed E-state index contributed by atoms with van der Waals surface area (Å²) in [7, 11) is 0. The van der Waals surface area contributed by atoms with Crippen molar-refractivity contribution in [2.24, 2.45) is 4.99 Å². The highest BCUT2D eigenvalue weighted by Gasteiger charge is 2.20. The van der Waals surface area contributed by atoms with Crippen LogP contribution in [0.3, 0.4) is 0 Å². The maximum Gasteiger partial charge on any atom is 0.225 e. The number of guanidine groups is 1. The fraction of sp³-hybridized carbons (Fsp3) is 0.450. The smallest absolute Gasteiger partial charge is 0.225 e. The Morgan fingerprint density at radius 2 is 1.93 bits per heavy atom. The van der Waals surface area contributed by atoms with Crippen LogP contribution in [0, 0.1) is 6.92 Å². The van der Waals surface area contributed by atoms with Gasteiger partial charge in [-0.1, -0.05) is 12.1 Å². The summed E-state index contributed by atoms with van der Waals surface area (Å²) in [6.07, 6.45) is 3.57.